The van der Waals surface area contributed by atoms with Gasteiger partial charge in [0.05, 0.1) is 19.3 Å². The van der Waals surface area contributed by atoms with Crippen LogP contribution in [0.15, 0.2) is 36.4 Å². The van der Waals surface area contributed by atoms with E-state index < -0.39 is 11.9 Å². The topological polar surface area (TPSA) is 90.4 Å². The Hall–Kier alpha value is -2.96. The summed E-state index contributed by atoms with van der Waals surface area (Å²) in [6, 6.07) is 9.43. The summed E-state index contributed by atoms with van der Waals surface area (Å²) >= 11 is 0. The third-order valence-electron chi connectivity index (χ3n) is 2.74. The molecule has 0 aliphatic carbocycles. The lowest BCUT2D eigenvalue weighted by Crippen LogP contribution is -2.14. The molecule has 7 nitrogen and oxygen atoms in total. The van der Waals surface area contributed by atoms with E-state index in [2.05, 4.69) is 15.5 Å². The van der Waals surface area contributed by atoms with Crippen LogP contribution in [-0.4, -0.2) is 35.8 Å². The lowest BCUT2D eigenvalue weighted by molar-refractivity contribution is 0.0526. The Kier molecular flexibility index (Phi) is 5.02. The Bertz CT molecular complexity index is 653. The number of nitrogens with one attached hydrogen (secondary N) is 1. The number of aromatic nitrogens is 2. The van der Waals surface area contributed by atoms with Crippen LogP contribution in [0.1, 0.15) is 27.8 Å². The molecule has 1 heterocycles. The van der Waals surface area contributed by atoms with Crippen LogP contribution >= 0.6 is 0 Å². The van der Waals surface area contributed by atoms with Gasteiger partial charge in [-0.2, -0.15) is 0 Å². The molecule has 0 unspecified atom stereocenters. The van der Waals surface area contributed by atoms with E-state index in [9.17, 15) is 9.59 Å². The largest absolute Gasteiger partial charge is 0.480 e. The van der Waals surface area contributed by atoms with Gasteiger partial charge in [0.2, 0.25) is 5.88 Å². The van der Waals surface area contributed by atoms with E-state index in [1.165, 1.54) is 13.2 Å². The Labute approximate surface area is 127 Å². The molecule has 22 heavy (non-hydrogen) atoms. The van der Waals surface area contributed by atoms with Gasteiger partial charge in [-0.05, 0) is 37.3 Å². The number of anilines is 1. The molecule has 0 saturated heterocycles. The van der Waals surface area contributed by atoms with Crippen LogP contribution in [0.3, 0.4) is 0 Å². The highest BCUT2D eigenvalue weighted by Gasteiger charge is 2.10. The van der Waals surface area contributed by atoms with E-state index in [0.717, 1.165) is 0 Å². The van der Waals surface area contributed by atoms with Gasteiger partial charge in [-0.15, -0.1) is 10.2 Å². The van der Waals surface area contributed by atoms with E-state index in [1.54, 1.807) is 37.3 Å². The molecule has 2 aromatic rings. The van der Waals surface area contributed by atoms with Crippen molar-refractivity contribution in [1.82, 2.24) is 10.2 Å². The molecular formula is C15H15N3O4. The molecule has 1 N–H and O–H groups in total. The van der Waals surface area contributed by atoms with Crippen molar-refractivity contribution < 1.29 is 19.1 Å². The van der Waals surface area contributed by atoms with Crippen molar-refractivity contribution >= 4 is 17.6 Å². The summed E-state index contributed by atoms with van der Waals surface area (Å²) in [5.41, 5.74) is 1.12. The van der Waals surface area contributed by atoms with Gasteiger partial charge in [-0.25, -0.2) is 4.79 Å². The zero-order valence-electron chi connectivity index (χ0n) is 12.2. The van der Waals surface area contributed by atoms with Crippen molar-refractivity contribution in [2.75, 3.05) is 19.0 Å². The number of carbonyl (C=O) groups excluding carboxylic acids is 2. The lowest BCUT2D eigenvalue weighted by Gasteiger charge is -2.06. The number of amides is 1. The van der Waals surface area contributed by atoms with Crippen LogP contribution in [0.4, 0.5) is 5.69 Å². The first-order valence-electron chi connectivity index (χ1n) is 6.60. The smallest absolute Gasteiger partial charge is 0.338 e. The van der Waals surface area contributed by atoms with Gasteiger partial charge in [0.1, 0.15) is 0 Å². The Balaban J connectivity index is 2.03. The van der Waals surface area contributed by atoms with Crippen LogP contribution < -0.4 is 10.1 Å². The molecule has 114 valence electrons. The highest BCUT2D eigenvalue weighted by molar-refractivity contribution is 6.03. The minimum atomic E-state index is -0.404. The molecule has 7 heteroatoms. The second-order valence-electron chi connectivity index (χ2n) is 4.21. The maximum atomic E-state index is 12.0. The fourth-order valence-electron chi connectivity index (χ4n) is 1.65. The summed E-state index contributed by atoms with van der Waals surface area (Å²) in [6.07, 6.45) is 0. The molecular weight excluding hydrogens is 286 g/mol. The third kappa shape index (κ3) is 3.78. The summed E-state index contributed by atoms with van der Waals surface area (Å²) in [7, 11) is 1.47. The predicted molar refractivity (Wildman–Crippen MR) is 78.9 cm³/mol. The van der Waals surface area contributed by atoms with Crippen LogP contribution in [0.5, 0.6) is 5.88 Å². The molecule has 0 spiro atoms. The van der Waals surface area contributed by atoms with Crippen molar-refractivity contribution in [2.45, 2.75) is 6.92 Å². The van der Waals surface area contributed by atoms with Gasteiger partial charge >= 0.3 is 5.97 Å². The molecule has 0 aliphatic rings. The summed E-state index contributed by atoms with van der Waals surface area (Å²) in [5, 5.41) is 10.1. The van der Waals surface area contributed by atoms with Gasteiger partial charge in [0.25, 0.3) is 5.91 Å². The van der Waals surface area contributed by atoms with E-state index in [0.29, 0.717) is 23.7 Å². The normalized spacial score (nSPS) is 9.91. The average Bonchev–Trinajstić information content (AvgIpc) is 2.55. The van der Waals surface area contributed by atoms with Crippen molar-refractivity contribution in [3.05, 3.63) is 47.7 Å². The molecule has 1 aromatic heterocycles. The average molecular weight is 301 g/mol. The summed E-state index contributed by atoms with van der Waals surface area (Å²) in [6.45, 7) is 2.05. The van der Waals surface area contributed by atoms with Crippen LogP contribution in [-0.2, 0) is 4.74 Å². The van der Waals surface area contributed by atoms with Gasteiger partial charge in [0.15, 0.2) is 5.69 Å². The predicted octanol–water partition coefficient (Wildman–Crippen LogP) is 1.91. The van der Waals surface area contributed by atoms with Crippen LogP contribution in [0.25, 0.3) is 0 Å². The maximum Gasteiger partial charge on any atom is 0.338 e. The fraction of sp³-hybridized carbons (Fsp3) is 0.200. The van der Waals surface area contributed by atoms with Crippen molar-refractivity contribution in [1.29, 1.82) is 0 Å². The molecule has 2 rings (SSSR count). The number of esters is 1. The monoisotopic (exact) mass is 301 g/mol. The van der Waals surface area contributed by atoms with Crippen molar-refractivity contribution in [2.24, 2.45) is 0 Å². The minimum Gasteiger partial charge on any atom is -0.480 e. The molecule has 0 bridgehead atoms. The summed E-state index contributed by atoms with van der Waals surface area (Å²) < 4.78 is 9.76. The molecule has 0 fully saturated rings. The lowest BCUT2D eigenvalue weighted by atomic mass is 10.2. The van der Waals surface area contributed by atoms with Gasteiger partial charge in [-0.3, -0.25) is 4.79 Å². The number of hydrogen-bond donors (Lipinski definition) is 1. The number of methoxy groups -OCH3 is 1. The number of ether oxygens (including phenoxy) is 2. The first kappa shape index (κ1) is 15.4. The van der Waals surface area contributed by atoms with Crippen molar-refractivity contribution in [3.63, 3.8) is 0 Å². The van der Waals surface area contributed by atoms with Gasteiger partial charge in [0, 0.05) is 11.8 Å². The summed E-state index contributed by atoms with van der Waals surface area (Å²) in [5.74, 6) is -0.476. The van der Waals surface area contributed by atoms with Gasteiger partial charge < -0.3 is 14.8 Å². The molecule has 0 atom stereocenters. The summed E-state index contributed by atoms with van der Waals surface area (Å²) in [4.78, 5) is 23.5. The molecule has 0 aliphatic heterocycles. The Morgan fingerprint density at radius 3 is 2.36 bits per heavy atom. The number of rotatable bonds is 5. The Morgan fingerprint density at radius 2 is 1.82 bits per heavy atom. The molecule has 1 amide bonds. The van der Waals surface area contributed by atoms with E-state index in [4.69, 9.17) is 9.47 Å². The van der Waals surface area contributed by atoms with E-state index in [1.807, 2.05) is 0 Å². The zero-order chi connectivity index (χ0) is 15.9. The first-order chi connectivity index (χ1) is 10.6. The number of hydrogen-bond acceptors (Lipinski definition) is 6. The maximum absolute atomic E-state index is 12.0. The zero-order valence-corrected chi connectivity index (χ0v) is 12.2. The van der Waals surface area contributed by atoms with Crippen LogP contribution in [0, 0.1) is 0 Å². The quantitative estimate of drug-likeness (QED) is 0.848. The second-order valence-corrected chi connectivity index (χ2v) is 4.21. The minimum absolute atomic E-state index is 0.162. The van der Waals surface area contributed by atoms with Gasteiger partial charge in [-0.1, -0.05) is 0 Å². The van der Waals surface area contributed by atoms with E-state index >= 15 is 0 Å². The standard InChI is InChI=1S/C15H15N3O4/c1-3-22-15(20)10-4-6-11(7-5-10)16-14(19)12-8-9-13(21-2)18-17-12/h4-9H,3H2,1-2H3,(H,16,19). The highest BCUT2D eigenvalue weighted by Crippen LogP contribution is 2.12. The first-order valence-corrected chi connectivity index (χ1v) is 6.60. The molecule has 0 saturated carbocycles. The van der Waals surface area contributed by atoms with Crippen LogP contribution in [0.2, 0.25) is 0 Å². The van der Waals surface area contributed by atoms with Crippen molar-refractivity contribution in [3.8, 4) is 5.88 Å². The number of carbonyl (C=O) groups is 2. The van der Waals surface area contributed by atoms with E-state index in [-0.39, 0.29) is 5.69 Å². The molecule has 0 radical (unpaired) electrons. The fourth-order valence-corrected chi connectivity index (χ4v) is 1.65. The number of nitrogens with zero attached hydrogens (tertiary/aromatic N) is 2. The highest BCUT2D eigenvalue weighted by atomic mass is 16.5. The third-order valence-corrected chi connectivity index (χ3v) is 2.74. The Morgan fingerprint density at radius 1 is 1.09 bits per heavy atom. The SMILES string of the molecule is CCOC(=O)c1ccc(NC(=O)c2ccc(OC)nn2)cc1. The molecule has 1 aromatic carbocycles. The second kappa shape index (κ2) is 7.16. The number of benzene rings is 1.